The molecule has 3 aromatic rings. The Bertz CT molecular complexity index is 1260. The minimum Gasteiger partial charge on any atom is -0.423 e. The zero-order valence-electron chi connectivity index (χ0n) is 16.1. The first kappa shape index (κ1) is 22.6. The summed E-state index contributed by atoms with van der Waals surface area (Å²) < 4.78 is 6.32. The highest BCUT2D eigenvalue weighted by atomic mass is 79.9. The third-order valence-electron chi connectivity index (χ3n) is 4.25. The van der Waals surface area contributed by atoms with E-state index in [4.69, 9.17) is 27.9 Å². The summed E-state index contributed by atoms with van der Waals surface area (Å²) in [6, 6.07) is 18.8. The number of amides is 1. The fourth-order valence-corrected chi connectivity index (χ4v) is 4.09. The third-order valence-corrected chi connectivity index (χ3v) is 6.43. The van der Waals surface area contributed by atoms with Crippen LogP contribution in [0.4, 0.5) is 5.69 Å². The molecule has 0 radical (unpaired) electrons. The van der Waals surface area contributed by atoms with E-state index in [-0.39, 0.29) is 10.9 Å². The number of aliphatic imine (C=N–C) groups is 1. The highest BCUT2D eigenvalue weighted by Crippen LogP contribution is 2.29. The average Bonchev–Trinajstić information content (AvgIpc) is 3.11. The van der Waals surface area contributed by atoms with Gasteiger partial charge in [-0.3, -0.25) is 4.79 Å². The van der Waals surface area contributed by atoms with Gasteiger partial charge in [-0.1, -0.05) is 51.3 Å². The van der Waals surface area contributed by atoms with Gasteiger partial charge in [-0.25, -0.2) is 9.79 Å². The molecule has 1 N–H and O–H groups in total. The first-order valence-corrected chi connectivity index (χ1v) is 11.6. The normalized spacial score (nSPS) is 15.8. The van der Waals surface area contributed by atoms with Crippen LogP contribution in [-0.2, 0) is 4.79 Å². The molecule has 1 amide bonds. The van der Waals surface area contributed by atoms with Crippen LogP contribution in [0.1, 0.15) is 15.9 Å². The summed E-state index contributed by atoms with van der Waals surface area (Å²) in [7, 11) is 0. The molecule has 0 unspecified atom stereocenters. The minimum absolute atomic E-state index is 0.221. The van der Waals surface area contributed by atoms with Gasteiger partial charge in [0.1, 0.15) is 5.75 Å². The van der Waals surface area contributed by atoms with E-state index in [1.807, 2.05) is 24.3 Å². The highest BCUT2D eigenvalue weighted by molar-refractivity contribution is 9.10. The van der Waals surface area contributed by atoms with Crippen molar-refractivity contribution in [1.82, 2.24) is 5.32 Å². The van der Waals surface area contributed by atoms with Gasteiger partial charge in [0.2, 0.25) is 0 Å². The maximum Gasteiger partial charge on any atom is 0.343 e. The van der Waals surface area contributed by atoms with Crippen LogP contribution in [0.15, 0.2) is 81.1 Å². The molecule has 0 spiro atoms. The number of rotatable bonds is 4. The van der Waals surface area contributed by atoms with E-state index in [2.05, 4.69) is 26.2 Å². The lowest BCUT2D eigenvalue weighted by Gasteiger charge is -2.06. The predicted molar refractivity (Wildman–Crippen MR) is 133 cm³/mol. The molecule has 0 saturated carbocycles. The smallest absolute Gasteiger partial charge is 0.343 e. The summed E-state index contributed by atoms with van der Waals surface area (Å²) >= 11 is 16.5. The van der Waals surface area contributed by atoms with Crippen LogP contribution in [0, 0.1) is 0 Å². The Labute approximate surface area is 206 Å². The second kappa shape index (κ2) is 9.92. The number of esters is 1. The zero-order valence-corrected chi connectivity index (χ0v) is 20.1. The summed E-state index contributed by atoms with van der Waals surface area (Å²) in [5, 5.41) is 3.90. The van der Waals surface area contributed by atoms with Crippen LogP contribution in [0.3, 0.4) is 0 Å². The van der Waals surface area contributed by atoms with Crippen molar-refractivity contribution >= 4 is 79.7 Å². The fraction of sp³-hybridized carbons (Fsp3) is 0. The molecule has 1 aliphatic heterocycles. The first-order valence-electron chi connectivity index (χ1n) is 9.20. The second-order valence-electron chi connectivity index (χ2n) is 6.55. The van der Waals surface area contributed by atoms with Crippen molar-refractivity contribution in [3.05, 3.63) is 97.3 Å². The summed E-state index contributed by atoms with van der Waals surface area (Å²) in [4.78, 5) is 29.5. The number of thioether (sulfide) groups is 1. The molecular formula is C23H13BrCl2N2O3S. The van der Waals surface area contributed by atoms with Gasteiger partial charge in [0, 0.05) is 4.47 Å². The first-order chi connectivity index (χ1) is 15.4. The van der Waals surface area contributed by atoms with Crippen molar-refractivity contribution in [3.8, 4) is 5.75 Å². The number of halogens is 3. The minimum atomic E-state index is -0.547. The van der Waals surface area contributed by atoms with Gasteiger partial charge in [-0.15, -0.1) is 0 Å². The van der Waals surface area contributed by atoms with Crippen LogP contribution in [0.25, 0.3) is 6.08 Å². The molecule has 0 aliphatic carbocycles. The fourth-order valence-electron chi connectivity index (χ4n) is 2.69. The number of hydrogen-bond acceptors (Lipinski definition) is 5. The number of nitrogens with zero attached hydrogens (tertiary/aromatic N) is 1. The van der Waals surface area contributed by atoms with Crippen molar-refractivity contribution in [2.24, 2.45) is 4.99 Å². The van der Waals surface area contributed by atoms with E-state index < -0.39 is 5.97 Å². The topological polar surface area (TPSA) is 67.8 Å². The summed E-state index contributed by atoms with van der Waals surface area (Å²) in [5.74, 6) is -0.403. The molecule has 160 valence electrons. The Hall–Kier alpha value is -2.58. The van der Waals surface area contributed by atoms with Crippen molar-refractivity contribution in [2.75, 3.05) is 0 Å². The molecule has 3 aromatic carbocycles. The number of nitrogens with one attached hydrogen (secondary N) is 1. The number of carbonyl (C=O) groups is 2. The van der Waals surface area contributed by atoms with Gasteiger partial charge in [0.05, 0.1) is 26.2 Å². The summed E-state index contributed by atoms with van der Waals surface area (Å²) in [6.45, 7) is 0. The van der Waals surface area contributed by atoms with Crippen LogP contribution in [-0.4, -0.2) is 17.0 Å². The molecule has 0 bridgehead atoms. The van der Waals surface area contributed by atoms with E-state index >= 15 is 0 Å². The lowest BCUT2D eigenvalue weighted by atomic mass is 10.2. The molecule has 9 heteroatoms. The third kappa shape index (κ3) is 5.61. The number of amidine groups is 1. The largest absolute Gasteiger partial charge is 0.423 e. The quantitative estimate of drug-likeness (QED) is 0.220. The van der Waals surface area contributed by atoms with Crippen molar-refractivity contribution < 1.29 is 14.3 Å². The van der Waals surface area contributed by atoms with Crippen molar-refractivity contribution in [2.45, 2.75) is 0 Å². The van der Waals surface area contributed by atoms with E-state index in [0.717, 1.165) is 15.7 Å². The molecule has 1 fully saturated rings. The van der Waals surface area contributed by atoms with Gasteiger partial charge in [-0.2, -0.15) is 0 Å². The molecule has 0 atom stereocenters. The van der Waals surface area contributed by atoms with E-state index in [9.17, 15) is 9.59 Å². The summed E-state index contributed by atoms with van der Waals surface area (Å²) in [5.41, 5.74) is 1.81. The molecule has 1 heterocycles. The SMILES string of the molecule is O=C1NC(=Nc2ccc(Br)cc2)S/C1=C\c1ccc(OC(=O)c2ccc(Cl)c(Cl)c2)cc1. The second-order valence-corrected chi connectivity index (χ2v) is 9.31. The van der Waals surface area contributed by atoms with Gasteiger partial charge >= 0.3 is 5.97 Å². The Morgan fingerprint density at radius 1 is 1.00 bits per heavy atom. The molecule has 5 nitrogen and oxygen atoms in total. The lowest BCUT2D eigenvalue weighted by Crippen LogP contribution is -2.19. The molecule has 32 heavy (non-hydrogen) atoms. The zero-order chi connectivity index (χ0) is 22.7. The van der Waals surface area contributed by atoms with Gasteiger partial charge in [0.15, 0.2) is 5.17 Å². The van der Waals surface area contributed by atoms with Gasteiger partial charge in [0.25, 0.3) is 5.91 Å². The number of benzene rings is 3. The predicted octanol–water partition coefficient (Wildman–Crippen LogP) is 6.87. The van der Waals surface area contributed by atoms with Crippen LogP contribution < -0.4 is 10.1 Å². The maximum absolute atomic E-state index is 12.3. The lowest BCUT2D eigenvalue weighted by molar-refractivity contribution is -0.115. The summed E-state index contributed by atoms with van der Waals surface area (Å²) in [6.07, 6.45) is 1.74. The van der Waals surface area contributed by atoms with E-state index in [1.54, 1.807) is 36.4 Å². The Morgan fingerprint density at radius 3 is 2.41 bits per heavy atom. The van der Waals surface area contributed by atoms with Crippen molar-refractivity contribution in [1.29, 1.82) is 0 Å². The molecule has 1 saturated heterocycles. The van der Waals surface area contributed by atoms with Gasteiger partial charge in [-0.05, 0) is 78.0 Å². The standard InChI is InChI=1S/C23H13BrCl2N2O3S/c24-15-4-6-16(7-5-15)27-23-28-21(29)20(32-23)11-13-1-8-17(9-2-13)31-22(30)14-3-10-18(25)19(26)12-14/h1-12H,(H,27,28,29)/b20-11-. The van der Waals surface area contributed by atoms with E-state index in [0.29, 0.717) is 26.4 Å². The highest BCUT2D eigenvalue weighted by Gasteiger charge is 2.23. The number of hydrogen-bond donors (Lipinski definition) is 1. The van der Waals surface area contributed by atoms with Crippen LogP contribution in [0.2, 0.25) is 10.0 Å². The van der Waals surface area contributed by atoms with E-state index in [1.165, 1.54) is 23.9 Å². The van der Waals surface area contributed by atoms with Crippen LogP contribution in [0.5, 0.6) is 5.75 Å². The number of ether oxygens (including phenoxy) is 1. The van der Waals surface area contributed by atoms with Gasteiger partial charge < -0.3 is 10.1 Å². The molecule has 4 rings (SSSR count). The average molecular weight is 548 g/mol. The number of carbonyl (C=O) groups excluding carboxylic acids is 2. The van der Waals surface area contributed by atoms with Crippen LogP contribution >= 0.6 is 50.9 Å². The Balaban J connectivity index is 1.43. The van der Waals surface area contributed by atoms with Crippen molar-refractivity contribution in [3.63, 3.8) is 0 Å². The Kier molecular flexibility index (Phi) is 7.01. The molecular weight excluding hydrogens is 535 g/mol. The molecule has 1 aliphatic rings. The maximum atomic E-state index is 12.3. The molecule has 0 aromatic heterocycles. The Morgan fingerprint density at radius 2 is 1.72 bits per heavy atom. The monoisotopic (exact) mass is 546 g/mol.